The number of hydrogen-bond acceptors (Lipinski definition) is 4. The van der Waals surface area contributed by atoms with Crippen molar-refractivity contribution in [3.63, 3.8) is 0 Å². The standard InChI is InChI=1S/C12H20N2OS/c1-10(12(9-15)16-2)13-8-6-11-5-3-4-7-14-11/h3-5,7,10,12-13,15H,6,8-9H2,1-2H3. The van der Waals surface area contributed by atoms with Crippen LogP contribution in [0, 0.1) is 0 Å². The van der Waals surface area contributed by atoms with Gasteiger partial charge in [-0.1, -0.05) is 6.07 Å². The highest BCUT2D eigenvalue weighted by Crippen LogP contribution is 2.09. The molecule has 0 aliphatic heterocycles. The van der Waals surface area contributed by atoms with E-state index in [1.54, 1.807) is 11.8 Å². The van der Waals surface area contributed by atoms with Crippen LogP contribution >= 0.6 is 11.8 Å². The Bertz CT molecular complexity index is 278. The highest BCUT2D eigenvalue weighted by atomic mass is 32.2. The molecule has 0 radical (unpaired) electrons. The van der Waals surface area contributed by atoms with Crippen LogP contribution in [0.25, 0.3) is 0 Å². The van der Waals surface area contributed by atoms with Crippen molar-refractivity contribution in [3.05, 3.63) is 30.1 Å². The third-order valence-corrected chi connectivity index (χ3v) is 3.78. The summed E-state index contributed by atoms with van der Waals surface area (Å²) in [5.74, 6) is 0. The molecule has 3 nitrogen and oxygen atoms in total. The average Bonchev–Trinajstić information content (AvgIpc) is 2.32. The molecule has 1 aromatic rings. The van der Waals surface area contributed by atoms with Crippen LogP contribution in [0.2, 0.25) is 0 Å². The Hall–Kier alpha value is -0.580. The first-order valence-corrected chi connectivity index (χ1v) is 6.83. The molecule has 2 N–H and O–H groups in total. The summed E-state index contributed by atoms with van der Waals surface area (Å²) in [6.07, 6.45) is 4.77. The molecule has 0 aromatic carbocycles. The largest absolute Gasteiger partial charge is 0.395 e. The van der Waals surface area contributed by atoms with Gasteiger partial charge >= 0.3 is 0 Å². The minimum absolute atomic E-state index is 0.221. The van der Waals surface area contributed by atoms with E-state index in [0.29, 0.717) is 6.04 Å². The first-order valence-electron chi connectivity index (χ1n) is 5.55. The molecule has 1 aromatic heterocycles. The van der Waals surface area contributed by atoms with Crippen molar-refractivity contribution in [2.75, 3.05) is 19.4 Å². The van der Waals surface area contributed by atoms with Gasteiger partial charge in [0.2, 0.25) is 0 Å². The van der Waals surface area contributed by atoms with Crippen LogP contribution in [-0.2, 0) is 6.42 Å². The molecule has 0 saturated carbocycles. The zero-order chi connectivity index (χ0) is 11.8. The molecular formula is C12H20N2OS. The van der Waals surface area contributed by atoms with Crippen LogP contribution < -0.4 is 5.32 Å². The van der Waals surface area contributed by atoms with Crippen molar-refractivity contribution < 1.29 is 5.11 Å². The van der Waals surface area contributed by atoms with Crippen LogP contribution in [-0.4, -0.2) is 40.8 Å². The van der Waals surface area contributed by atoms with E-state index < -0.39 is 0 Å². The molecule has 0 amide bonds. The Kier molecular flexibility index (Phi) is 6.45. The van der Waals surface area contributed by atoms with Gasteiger partial charge in [-0.15, -0.1) is 0 Å². The van der Waals surface area contributed by atoms with Gasteiger partial charge in [-0.2, -0.15) is 11.8 Å². The number of nitrogens with one attached hydrogen (secondary N) is 1. The van der Waals surface area contributed by atoms with E-state index in [4.69, 9.17) is 5.11 Å². The number of aliphatic hydroxyl groups is 1. The van der Waals surface area contributed by atoms with E-state index >= 15 is 0 Å². The summed E-state index contributed by atoms with van der Waals surface area (Å²) in [5, 5.41) is 12.8. The van der Waals surface area contributed by atoms with Gasteiger partial charge in [0, 0.05) is 36.1 Å². The molecule has 0 aliphatic rings. The predicted octanol–water partition coefficient (Wildman–Crippen LogP) is 1.33. The maximum atomic E-state index is 9.14. The van der Waals surface area contributed by atoms with Crippen molar-refractivity contribution in [2.45, 2.75) is 24.6 Å². The number of aliphatic hydroxyl groups excluding tert-OH is 1. The lowest BCUT2D eigenvalue weighted by Crippen LogP contribution is -2.38. The van der Waals surface area contributed by atoms with Gasteiger partial charge in [0.05, 0.1) is 6.61 Å². The van der Waals surface area contributed by atoms with Crippen molar-refractivity contribution in [2.24, 2.45) is 0 Å². The van der Waals surface area contributed by atoms with Gasteiger partial charge < -0.3 is 10.4 Å². The maximum Gasteiger partial charge on any atom is 0.0564 e. The molecule has 0 spiro atoms. The fourth-order valence-corrected chi connectivity index (χ4v) is 2.20. The third kappa shape index (κ3) is 4.51. The SMILES string of the molecule is CSC(CO)C(C)NCCc1ccccn1. The molecule has 1 rings (SSSR count). The number of aromatic nitrogens is 1. The Morgan fingerprint density at radius 1 is 1.50 bits per heavy atom. The number of hydrogen-bond donors (Lipinski definition) is 2. The highest BCUT2D eigenvalue weighted by molar-refractivity contribution is 7.99. The first kappa shape index (κ1) is 13.5. The van der Waals surface area contributed by atoms with Crippen molar-refractivity contribution in [1.82, 2.24) is 10.3 Å². The molecule has 2 unspecified atom stereocenters. The summed E-state index contributed by atoms with van der Waals surface area (Å²) in [6, 6.07) is 6.28. The van der Waals surface area contributed by atoms with Crippen LogP contribution in [0.3, 0.4) is 0 Å². The van der Waals surface area contributed by atoms with Crippen LogP contribution in [0.15, 0.2) is 24.4 Å². The summed E-state index contributed by atoms with van der Waals surface area (Å²) >= 11 is 1.70. The molecule has 0 fully saturated rings. The van der Waals surface area contributed by atoms with E-state index in [9.17, 15) is 0 Å². The fraction of sp³-hybridized carbons (Fsp3) is 0.583. The maximum absolute atomic E-state index is 9.14. The lowest BCUT2D eigenvalue weighted by Gasteiger charge is -2.21. The summed E-state index contributed by atoms with van der Waals surface area (Å²) in [5.41, 5.74) is 1.10. The molecule has 16 heavy (non-hydrogen) atoms. The molecule has 0 saturated heterocycles. The third-order valence-electron chi connectivity index (χ3n) is 2.61. The molecule has 2 atom stereocenters. The van der Waals surface area contributed by atoms with Gasteiger partial charge in [-0.25, -0.2) is 0 Å². The molecule has 1 heterocycles. The fourth-order valence-electron chi connectivity index (χ4n) is 1.54. The summed E-state index contributed by atoms with van der Waals surface area (Å²) in [6.45, 7) is 3.23. The summed E-state index contributed by atoms with van der Waals surface area (Å²) in [7, 11) is 0. The van der Waals surface area contributed by atoms with Gasteiger partial charge in [-0.3, -0.25) is 4.98 Å². The van der Waals surface area contributed by atoms with Gasteiger partial charge in [-0.05, 0) is 25.3 Å². The van der Waals surface area contributed by atoms with E-state index in [-0.39, 0.29) is 11.9 Å². The lowest BCUT2D eigenvalue weighted by molar-refractivity contribution is 0.276. The zero-order valence-electron chi connectivity index (χ0n) is 9.89. The smallest absolute Gasteiger partial charge is 0.0564 e. The Balaban J connectivity index is 2.25. The second-order valence-electron chi connectivity index (χ2n) is 3.77. The molecular weight excluding hydrogens is 220 g/mol. The second-order valence-corrected chi connectivity index (χ2v) is 4.85. The number of pyridine rings is 1. The average molecular weight is 240 g/mol. The monoisotopic (exact) mass is 240 g/mol. The Labute approximate surface area is 102 Å². The zero-order valence-corrected chi connectivity index (χ0v) is 10.7. The van der Waals surface area contributed by atoms with Crippen molar-refractivity contribution in [1.29, 1.82) is 0 Å². The van der Waals surface area contributed by atoms with Crippen LogP contribution in [0.5, 0.6) is 0 Å². The van der Waals surface area contributed by atoms with Gasteiger partial charge in [0.15, 0.2) is 0 Å². The van der Waals surface area contributed by atoms with Gasteiger partial charge in [0.25, 0.3) is 0 Å². The number of nitrogens with zero attached hydrogens (tertiary/aromatic N) is 1. The highest BCUT2D eigenvalue weighted by Gasteiger charge is 2.13. The molecule has 0 aliphatic carbocycles. The number of rotatable bonds is 7. The van der Waals surface area contributed by atoms with Crippen molar-refractivity contribution in [3.8, 4) is 0 Å². The van der Waals surface area contributed by atoms with Crippen LogP contribution in [0.1, 0.15) is 12.6 Å². The van der Waals surface area contributed by atoms with E-state index in [2.05, 4.69) is 17.2 Å². The van der Waals surface area contributed by atoms with E-state index in [1.807, 2.05) is 30.7 Å². The van der Waals surface area contributed by atoms with E-state index in [1.165, 1.54) is 0 Å². The normalized spacial score (nSPS) is 14.7. The summed E-state index contributed by atoms with van der Waals surface area (Å²) in [4.78, 5) is 4.27. The van der Waals surface area contributed by atoms with Crippen molar-refractivity contribution >= 4 is 11.8 Å². The number of thioether (sulfide) groups is 1. The second kappa shape index (κ2) is 7.65. The van der Waals surface area contributed by atoms with Crippen LogP contribution in [0.4, 0.5) is 0 Å². The summed E-state index contributed by atoms with van der Waals surface area (Å²) < 4.78 is 0. The quantitative estimate of drug-likeness (QED) is 0.754. The first-order chi connectivity index (χ1) is 7.77. The molecule has 4 heteroatoms. The van der Waals surface area contributed by atoms with Gasteiger partial charge in [0.1, 0.15) is 0 Å². The Morgan fingerprint density at radius 3 is 2.88 bits per heavy atom. The van der Waals surface area contributed by atoms with E-state index in [0.717, 1.165) is 18.7 Å². The minimum Gasteiger partial charge on any atom is -0.395 e. The topological polar surface area (TPSA) is 45.1 Å². The predicted molar refractivity (Wildman–Crippen MR) is 69.8 cm³/mol. The molecule has 90 valence electrons. The molecule has 0 bridgehead atoms. The minimum atomic E-state index is 0.221. The Morgan fingerprint density at radius 2 is 2.31 bits per heavy atom. The lowest BCUT2D eigenvalue weighted by atomic mass is 10.2.